The van der Waals surface area contributed by atoms with Crippen molar-refractivity contribution in [3.05, 3.63) is 113 Å². The van der Waals surface area contributed by atoms with Crippen LogP contribution in [0.2, 0.25) is 0 Å². The van der Waals surface area contributed by atoms with E-state index in [2.05, 4.69) is 106 Å². The first kappa shape index (κ1) is 32.4. The van der Waals surface area contributed by atoms with E-state index in [1.165, 1.54) is 22.3 Å². The molecule has 5 nitrogen and oxygen atoms in total. The van der Waals surface area contributed by atoms with E-state index in [0.29, 0.717) is 12.5 Å². The van der Waals surface area contributed by atoms with Gasteiger partial charge in [-0.05, 0) is 106 Å². The lowest BCUT2D eigenvalue weighted by atomic mass is 9.87. The summed E-state index contributed by atoms with van der Waals surface area (Å²) in [6.45, 7) is 28.2. The molecule has 2 aromatic rings. The molecule has 1 aromatic carbocycles. The number of nitrogens with zero attached hydrogens (tertiary/aromatic N) is 3. The molecule has 1 unspecified atom stereocenters. The zero-order valence-corrected chi connectivity index (χ0v) is 24.8. The molecular formula is C33H49N5. The Balaban J connectivity index is 0.00000352. The van der Waals surface area contributed by atoms with Crippen molar-refractivity contribution < 1.29 is 0 Å². The van der Waals surface area contributed by atoms with Gasteiger partial charge in [0.2, 0.25) is 0 Å². The third kappa shape index (κ3) is 10.4. The van der Waals surface area contributed by atoms with Gasteiger partial charge in [-0.15, -0.1) is 0 Å². The second-order valence-electron chi connectivity index (χ2n) is 9.41. The highest BCUT2D eigenvalue weighted by Crippen LogP contribution is 2.26. The summed E-state index contributed by atoms with van der Waals surface area (Å²) in [6, 6.07) is 10.5. The molecule has 5 heteroatoms. The number of pyridine rings is 1. The topological polar surface area (TPSA) is 52.6 Å². The van der Waals surface area contributed by atoms with Crippen LogP contribution in [0, 0.1) is 19.8 Å². The minimum atomic E-state index is 0.297. The van der Waals surface area contributed by atoms with Gasteiger partial charge in [0.05, 0.1) is 0 Å². The van der Waals surface area contributed by atoms with Gasteiger partial charge in [0, 0.05) is 37.9 Å². The van der Waals surface area contributed by atoms with Crippen LogP contribution in [-0.4, -0.2) is 23.3 Å². The highest BCUT2D eigenvalue weighted by molar-refractivity contribution is 5.34. The van der Waals surface area contributed by atoms with E-state index in [1.807, 2.05) is 31.1 Å². The summed E-state index contributed by atoms with van der Waals surface area (Å²) in [5.41, 5.74) is 8.48. The average Bonchev–Trinajstić information content (AvgIpc) is 2.92. The van der Waals surface area contributed by atoms with Crippen molar-refractivity contribution in [2.24, 2.45) is 11.0 Å². The number of aryl methyl sites for hydroxylation is 2. The summed E-state index contributed by atoms with van der Waals surface area (Å²) in [4.78, 5) is 4.24. The summed E-state index contributed by atoms with van der Waals surface area (Å²) in [5.74, 6) is 1.15. The van der Waals surface area contributed by atoms with Crippen LogP contribution in [0.25, 0.3) is 0 Å². The van der Waals surface area contributed by atoms with Crippen LogP contribution in [0.4, 0.5) is 0 Å². The van der Waals surface area contributed by atoms with Gasteiger partial charge >= 0.3 is 0 Å². The Morgan fingerprint density at radius 2 is 1.76 bits per heavy atom. The number of hydrazone groups is 1. The first-order valence-corrected chi connectivity index (χ1v) is 13.6. The first-order chi connectivity index (χ1) is 18.3. The number of rotatable bonds is 15. The molecule has 1 aromatic heterocycles. The third-order valence-corrected chi connectivity index (χ3v) is 6.62. The van der Waals surface area contributed by atoms with Gasteiger partial charge < -0.3 is 10.6 Å². The summed E-state index contributed by atoms with van der Waals surface area (Å²) in [5, 5.41) is 13.0. The minimum Gasteiger partial charge on any atom is -0.391 e. The predicted molar refractivity (Wildman–Crippen MR) is 166 cm³/mol. The molecular weight excluding hydrogens is 466 g/mol. The number of hydrogen-bond donors (Lipinski definition) is 2. The quantitative estimate of drug-likeness (QED) is 0.110. The van der Waals surface area contributed by atoms with Crippen molar-refractivity contribution >= 4 is 6.72 Å². The highest BCUT2D eigenvalue weighted by atomic mass is 15.5. The van der Waals surface area contributed by atoms with Crippen LogP contribution in [0.3, 0.4) is 0 Å². The van der Waals surface area contributed by atoms with Crippen LogP contribution in [0.15, 0.2) is 95.9 Å². The minimum absolute atomic E-state index is 0.297. The smallest absolute Gasteiger partial charge is 0.128 e. The van der Waals surface area contributed by atoms with Crippen molar-refractivity contribution in [2.75, 3.05) is 6.54 Å². The second-order valence-corrected chi connectivity index (χ2v) is 9.41. The maximum atomic E-state index is 4.52. The van der Waals surface area contributed by atoms with Gasteiger partial charge in [-0.3, -0.25) is 4.98 Å². The Kier molecular flexibility index (Phi) is 15.2. The van der Waals surface area contributed by atoms with E-state index in [-0.39, 0.29) is 0 Å². The van der Waals surface area contributed by atoms with Crippen molar-refractivity contribution in [1.82, 2.24) is 20.6 Å². The van der Waals surface area contributed by atoms with E-state index in [0.717, 1.165) is 48.5 Å². The molecule has 0 radical (unpaired) electrons. The molecule has 0 saturated heterocycles. The van der Waals surface area contributed by atoms with Crippen LogP contribution in [0.1, 0.15) is 69.7 Å². The van der Waals surface area contributed by atoms with Crippen molar-refractivity contribution in [1.29, 1.82) is 0 Å². The lowest BCUT2D eigenvalue weighted by Gasteiger charge is -2.26. The molecule has 0 fully saturated rings. The second kappa shape index (κ2) is 17.8. The molecule has 206 valence electrons. The van der Waals surface area contributed by atoms with Crippen LogP contribution < -0.4 is 10.6 Å². The molecule has 0 saturated carbocycles. The molecule has 0 bridgehead atoms. The first-order valence-electron chi connectivity index (χ1n) is 13.6. The third-order valence-electron chi connectivity index (χ3n) is 6.62. The van der Waals surface area contributed by atoms with Crippen molar-refractivity contribution in [3.8, 4) is 0 Å². The number of hydrogen-bond acceptors (Lipinski definition) is 5. The Bertz CT molecular complexity index is 1060. The lowest BCUT2D eigenvalue weighted by Crippen LogP contribution is -2.27. The lowest BCUT2D eigenvalue weighted by molar-refractivity contribution is 0.410. The Morgan fingerprint density at radius 3 is 2.32 bits per heavy atom. The van der Waals surface area contributed by atoms with Crippen LogP contribution >= 0.6 is 0 Å². The number of allylic oxidation sites excluding steroid dienone is 4. The van der Waals surface area contributed by atoms with E-state index >= 15 is 0 Å². The highest BCUT2D eigenvalue weighted by Gasteiger charge is 2.17. The van der Waals surface area contributed by atoms with Crippen LogP contribution in [-0.2, 0) is 13.0 Å². The standard InChI is InChI=1S/C31H43N5.C2H6/c1-9-33-19-17-29(15-16-30-24(4)12-10-13-25(30)5)26(6)20-31(36(32-8)27(7)23(2)3)35-22-28-14-11-18-34-21-28;1-2/h9-14,18,20-21,29,33,35H,1,6,8,15-17,19,22H2,2-5,7H3;1-2H3/b31-20-;. The number of aromatic nitrogens is 1. The molecule has 2 N–H and O–H groups in total. The summed E-state index contributed by atoms with van der Waals surface area (Å²) < 4.78 is 0. The molecule has 0 aliphatic carbocycles. The zero-order valence-electron chi connectivity index (χ0n) is 24.8. The van der Waals surface area contributed by atoms with Crippen molar-refractivity contribution in [2.45, 2.75) is 74.3 Å². The van der Waals surface area contributed by atoms with Gasteiger partial charge in [0.1, 0.15) is 5.82 Å². The molecule has 38 heavy (non-hydrogen) atoms. The van der Waals surface area contributed by atoms with Gasteiger partial charge in [-0.25, -0.2) is 5.01 Å². The zero-order chi connectivity index (χ0) is 28.5. The number of benzene rings is 1. The fourth-order valence-corrected chi connectivity index (χ4v) is 4.19. The summed E-state index contributed by atoms with van der Waals surface area (Å²) in [6.07, 6.45) is 10.5. The molecule has 0 spiro atoms. The summed E-state index contributed by atoms with van der Waals surface area (Å²) >= 11 is 0. The predicted octanol–water partition coefficient (Wildman–Crippen LogP) is 7.82. The molecule has 1 atom stereocenters. The molecule has 0 amide bonds. The van der Waals surface area contributed by atoms with Crippen molar-refractivity contribution in [3.63, 3.8) is 0 Å². The number of nitrogens with one attached hydrogen (secondary N) is 2. The molecule has 0 aliphatic rings. The fourth-order valence-electron chi connectivity index (χ4n) is 4.19. The Morgan fingerprint density at radius 1 is 1.08 bits per heavy atom. The molecule has 1 heterocycles. The Labute approximate surface area is 232 Å². The van der Waals surface area contributed by atoms with Gasteiger partial charge in [-0.1, -0.05) is 56.8 Å². The van der Waals surface area contributed by atoms with E-state index in [4.69, 9.17) is 0 Å². The normalized spacial score (nSPS) is 11.4. The molecule has 2 rings (SSSR count). The Hall–Kier alpha value is -3.60. The maximum absolute atomic E-state index is 4.52. The molecule has 0 aliphatic heterocycles. The average molecular weight is 516 g/mol. The summed E-state index contributed by atoms with van der Waals surface area (Å²) in [7, 11) is 0. The van der Waals surface area contributed by atoms with Crippen LogP contribution in [0.5, 0.6) is 0 Å². The van der Waals surface area contributed by atoms with Gasteiger partial charge in [0.15, 0.2) is 0 Å². The SMILES string of the molecule is C=CNCCC(CCc1c(C)cccc1C)C(=C)/C=C(/NCc1cccnc1)N(N=C)C(C)=C(C)C.CC. The largest absolute Gasteiger partial charge is 0.391 e. The van der Waals surface area contributed by atoms with E-state index < -0.39 is 0 Å². The van der Waals surface area contributed by atoms with Gasteiger partial charge in [0.25, 0.3) is 0 Å². The van der Waals surface area contributed by atoms with Gasteiger partial charge in [-0.2, -0.15) is 5.10 Å². The monoisotopic (exact) mass is 515 g/mol. The van der Waals surface area contributed by atoms with E-state index in [9.17, 15) is 0 Å². The van der Waals surface area contributed by atoms with E-state index in [1.54, 1.807) is 12.4 Å². The maximum Gasteiger partial charge on any atom is 0.128 e. The fraction of sp³-hybridized carbons (Fsp3) is 0.394.